The van der Waals surface area contributed by atoms with Gasteiger partial charge < -0.3 is 16.2 Å². The van der Waals surface area contributed by atoms with E-state index in [1.807, 2.05) is 7.11 Å². The summed E-state index contributed by atoms with van der Waals surface area (Å²) < 4.78 is 5.35. The molecule has 4 fully saturated rings. The molecule has 8 atom stereocenters. The molecule has 0 aromatic heterocycles. The van der Waals surface area contributed by atoms with Crippen LogP contribution in [-0.2, 0) is 4.74 Å². The first kappa shape index (κ1) is 21.1. The molecule has 0 aliphatic heterocycles. The summed E-state index contributed by atoms with van der Waals surface area (Å²) in [4.78, 5) is 0. The summed E-state index contributed by atoms with van der Waals surface area (Å²) in [6, 6.07) is 0. The van der Waals surface area contributed by atoms with Crippen molar-refractivity contribution in [1.82, 2.24) is 0 Å². The molecule has 3 heteroatoms. The molecule has 0 radical (unpaired) electrons. The predicted octanol–water partition coefficient (Wildman–Crippen LogP) is 5.26. The molecule has 0 aromatic rings. The van der Waals surface area contributed by atoms with Gasteiger partial charge in [0.2, 0.25) is 0 Å². The number of ether oxygens (including phenoxy) is 1. The van der Waals surface area contributed by atoms with Gasteiger partial charge in [-0.1, -0.05) is 40.0 Å². The summed E-state index contributed by atoms with van der Waals surface area (Å²) >= 11 is 0. The van der Waals surface area contributed by atoms with Crippen LogP contribution in [0.15, 0.2) is 0 Å². The van der Waals surface area contributed by atoms with Gasteiger partial charge >= 0.3 is 0 Å². The fraction of sp³-hybridized carbons (Fsp3) is 1.00. The lowest BCUT2D eigenvalue weighted by molar-refractivity contribution is -0.163. The van der Waals surface area contributed by atoms with Gasteiger partial charge in [-0.05, 0) is 86.9 Å². The average molecular weight is 391 g/mol. The zero-order valence-corrected chi connectivity index (χ0v) is 19.1. The molecular weight excluding hydrogens is 344 g/mol. The monoisotopic (exact) mass is 390 g/mol. The average Bonchev–Trinajstić information content (AvgIpc) is 3.00. The van der Waals surface area contributed by atoms with E-state index in [0.29, 0.717) is 17.3 Å². The van der Waals surface area contributed by atoms with Gasteiger partial charge in [-0.3, -0.25) is 0 Å². The van der Waals surface area contributed by atoms with Crippen LogP contribution in [0.5, 0.6) is 0 Å². The lowest BCUT2D eigenvalue weighted by atomic mass is 9.37. The number of hydrogen-bond donors (Lipinski definition) is 2. The topological polar surface area (TPSA) is 61.3 Å². The first-order valence-electron chi connectivity index (χ1n) is 12.3. The van der Waals surface area contributed by atoms with Crippen LogP contribution in [0.2, 0.25) is 0 Å². The summed E-state index contributed by atoms with van der Waals surface area (Å²) in [5, 5.41) is 0. The van der Waals surface area contributed by atoms with Crippen molar-refractivity contribution >= 4 is 0 Å². The summed E-state index contributed by atoms with van der Waals surface area (Å²) in [7, 11) is 1.83. The summed E-state index contributed by atoms with van der Waals surface area (Å²) in [6.45, 7) is 8.42. The highest BCUT2D eigenvalue weighted by molar-refractivity contribution is 5.25. The van der Waals surface area contributed by atoms with Gasteiger partial charge in [-0.25, -0.2) is 0 Å². The third-order valence-electron chi connectivity index (χ3n) is 11.1. The van der Waals surface area contributed by atoms with Gasteiger partial charge in [0, 0.05) is 30.2 Å². The van der Waals surface area contributed by atoms with Crippen LogP contribution < -0.4 is 11.5 Å². The third-order valence-corrected chi connectivity index (χ3v) is 11.1. The van der Waals surface area contributed by atoms with Gasteiger partial charge in [0.25, 0.3) is 0 Å². The van der Waals surface area contributed by atoms with Crippen molar-refractivity contribution in [3.05, 3.63) is 0 Å². The first-order valence-corrected chi connectivity index (χ1v) is 12.3. The second-order valence-corrected chi connectivity index (χ2v) is 11.6. The van der Waals surface area contributed by atoms with E-state index < -0.39 is 0 Å². The Balaban J connectivity index is 1.66. The number of hydrogen-bond acceptors (Lipinski definition) is 3. The van der Waals surface area contributed by atoms with Crippen molar-refractivity contribution in [1.29, 1.82) is 0 Å². The Morgan fingerprint density at radius 2 is 1.64 bits per heavy atom. The predicted molar refractivity (Wildman–Crippen MR) is 117 cm³/mol. The summed E-state index contributed by atoms with van der Waals surface area (Å²) in [5.41, 5.74) is 15.4. The van der Waals surface area contributed by atoms with Gasteiger partial charge in [0.1, 0.15) is 0 Å². The maximum absolute atomic E-state index is 7.54. The minimum Gasteiger partial charge on any atom is -0.385 e. The number of fused-ring (bicyclic) bond motifs is 5. The van der Waals surface area contributed by atoms with Crippen molar-refractivity contribution in [2.24, 2.45) is 46.0 Å². The first-order chi connectivity index (χ1) is 13.3. The molecule has 0 spiro atoms. The van der Waals surface area contributed by atoms with E-state index in [-0.39, 0.29) is 16.5 Å². The van der Waals surface area contributed by atoms with Gasteiger partial charge in [-0.15, -0.1) is 0 Å². The largest absolute Gasteiger partial charge is 0.385 e. The highest BCUT2D eigenvalue weighted by Crippen LogP contribution is 2.70. The quantitative estimate of drug-likeness (QED) is 0.629. The zero-order valence-electron chi connectivity index (χ0n) is 19.1. The molecule has 0 heterocycles. The molecular formula is C25H46N2O. The van der Waals surface area contributed by atoms with E-state index in [1.54, 1.807) is 0 Å². The van der Waals surface area contributed by atoms with E-state index in [0.717, 1.165) is 18.4 Å². The Morgan fingerprint density at radius 1 is 0.893 bits per heavy atom. The van der Waals surface area contributed by atoms with Gasteiger partial charge in [0.15, 0.2) is 0 Å². The Morgan fingerprint density at radius 3 is 2.36 bits per heavy atom. The third kappa shape index (κ3) is 2.64. The second-order valence-electron chi connectivity index (χ2n) is 11.6. The second kappa shape index (κ2) is 7.24. The SMILES string of the molecule is CC[C@H]1CC2C3CCC(CCCOC)C3(C)CC[C@]2(N)C2(C)CCCCC12N. The smallest absolute Gasteiger partial charge is 0.0462 e. The number of rotatable bonds is 5. The van der Waals surface area contributed by atoms with E-state index in [1.165, 1.54) is 77.0 Å². The maximum Gasteiger partial charge on any atom is 0.0462 e. The molecule has 4 rings (SSSR count). The molecule has 4 N–H and O–H groups in total. The van der Waals surface area contributed by atoms with Crippen molar-refractivity contribution < 1.29 is 4.74 Å². The number of nitrogens with two attached hydrogens (primary N) is 2. The molecule has 4 aliphatic carbocycles. The van der Waals surface area contributed by atoms with Crippen LogP contribution >= 0.6 is 0 Å². The van der Waals surface area contributed by atoms with Crippen LogP contribution in [0, 0.1) is 34.5 Å². The van der Waals surface area contributed by atoms with E-state index in [9.17, 15) is 0 Å². The molecule has 0 amide bonds. The lowest BCUT2D eigenvalue weighted by Gasteiger charge is -2.71. The van der Waals surface area contributed by atoms with E-state index >= 15 is 0 Å². The fourth-order valence-corrected chi connectivity index (χ4v) is 9.19. The molecule has 4 saturated carbocycles. The van der Waals surface area contributed by atoms with Gasteiger partial charge in [0.05, 0.1) is 0 Å². The molecule has 4 aliphatic rings. The van der Waals surface area contributed by atoms with Crippen LogP contribution in [0.3, 0.4) is 0 Å². The Bertz CT molecular complexity index is 581. The zero-order chi connectivity index (χ0) is 20.2. The molecule has 6 unspecified atom stereocenters. The molecule has 0 saturated heterocycles. The summed E-state index contributed by atoms with van der Waals surface area (Å²) in [6.07, 6.45) is 15.4. The Labute approximate surface area is 173 Å². The van der Waals surface area contributed by atoms with Crippen molar-refractivity contribution in [3.63, 3.8) is 0 Å². The molecule has 0 aromatic carbocycles. The van der Waals surface area contributed by atoms with Crippen LogP contribution in [0.4, 0.5) is 0 Å². The molecule has 0 bridgehead atoms. The summed E-state index contributed by atoms with van der Waals surface area (Å²) in [5.74, 6) is 2.98. The lowest BCUT2D eigenvalue weighted by Crippen LogP contribution is -2.79. The normalized spacial score (nSPS) is 53.4. The minimum atomic E-state index is -0.0561. The molecule has 28 heavy (non-hydrogen) atoms. The van der Waals surface area contributed by atoms with Crippen molar-refractivity contribution in [2.45, 2.75) is 109 Å². The molecule has 3 nitrogen and oxygen atoms in total. The highest BCUT2D eigenvalue weighted by Gasteiger charge is 2.70. The fourth-order valence-electron chi connectivity index (χ4n) is 9.19. The Kier molecular flexibility index (Phi) is 5.46. The van der Waals surface area contributed by atoms with Crippen molar-refractivity contribution in [2.75, 3.05) is 13.7 Å². The van der Waals surface area contributed by atoms with E-state index in [4.69, 9.17) is 16.2 Å². The van der Waals surface area contributed by atoms with Gasteiger partial charge in [-0.2, -0.15) is 0 Å². The van der Waals surface area contributed by atoms with E-state index in [2.05, 4.69) is 20.8 Å². The number of methoxy groups -OCH3 is 1. The minimum absolute atomic E-state index is 0.0462. The standard InChI is InChI=1S/C25H46N2O/c1-5-18-17-21-20-11-10-19(9-8-16-28-4)22(20,2)14-15-25(21,27)23(3)12-6-7-13-24(18,23)26/h18-21H,5-17,26-27H2,1-4H3/t18-,19?,20?,21?,22?,23?,24?,25+/m0/s1. The van der Waals surface area contributed by atoms with Crippen LogP contribution in [0.1, 0.15) is 97.8 Å². The molecule has 162 valence electrons. The van der Waals surface area contributed by atoms with Crippen LogP contribution in [-0.4, -0.2) is 24.8 Å². The Hall–Kier alpha value is -0.120. The highest BCUT2D eigenvalue weighted by atomic mass is 16.5. The van der Waals surface area contributed by atoms with Crippen LogP contribution in [0.25, 0.3) is 0 Å². The maximum atomic E-state index is 7.54. The van der Waals surface area contributed by atoms with Crippen molar-refractivity contribution in [3.8, 4) is 0 Å².